The number of rotatable bonds is 5. The molecule has 6 nitrogen and oxygen atoms in total. The first-order valence-electron chi connectivity index (χ1n) is 10.8. The summed E-state index contributed by atoms with van der Waals surface area (Å²) in [5.41, 5.74) is 1.26. The molecule has 1 atom stereocenters. The fourth-order valence-corrected chi connectivity index (χ4v) is 4.65. The number of nitrogens with zero attached hydrogens (tertiary/aromatic N) is 1. The number of amides is 2. The van der Waals surface area contributed by atoms with Gasteiger partial charge in [0.1, 0.15) is 6.04 Å². The lowest BCUT2D eigenvalue weighted by molar-refractivity contribution is -0.138. The van der Waals surface area contributed by atoms with Crippen LogP contribution in [0.2, 0.25) is 0 Å². The van der Waals surface area contributed by atoms with Gasteiger partial charge < -0.3 is 15.2 Å². The predicted molar refractivity (Wildman–Crippen MR) is 113 cm³/mol. The summed E-state index contributed by atoms with van der Waals surface area (Å²) < 4.78 is 0. The topological polar surface area (TPSA) is 82.3 Å². The Morgan fingerprint density at radius 2 is 1.86 bits per heavy atom. The number of para-hydroxylation sites is 1. The molecule has 0 unspecified atom stereocenters. The van der Waals surface area contributed by atoms with Gasteiger partial charge in [-0.05, 0) is 49.6 Å². The molecule has 1 aliphatic carbocycles. The number of carbonyl (C=O) groups is 2. The number of nitrogens with one attached hydrogen (secondary N) is 2. The number of benzene rings is 1. The number of fused-ring (bicyclic) bond motifs is 1. The molecule has 2 fully saturated rings. The van der Waals surface area contributed by atoms with Crippen molar-refractivity contribution in [3.8, 4) is 0 Å². The van der Waals surface area contributed by atoms with Gasteiger partial charge in [0.05, 0.1) is 0 Å². The fourth-order valence-electron chi connectivity index (χ4n) is 4.65. The van der Waals surface area contributed by atoms with Crippen LogP contribution in [0, 0.1) is 0 Å². The average molecular weight is 396 g/mol. The standard InChI is InChI=1S/C23H29N3O3/c27-21(13-12-17-15-16-7-4-5-10-19(16)25-22(17)28)26-14-6-11-20(26)23(29)24-18-8-2-1-3-9-18/h4-5,7,10,15,18,20H,1-3,6,8-9,11-14H2,(H,24,29)(H,25,28)/t20-/m1/s1. The molecule has 154 valence electrons. The summed E-state index contributed by atoms with van der Waals surface area (Å²) in [5, 5.41) is 4.12. The van der Waals surface area contributed by atoms with Crippen LogP contribution in [0.1, 0.15) is 56.9 Å². The normalized spacial score (nSPS) is 20.1. The highest BCUT2D eigenvalue weighted by Gasteiger charge is 2.34. The molecule has 1 aromatic carbocycles. The van der Waals surface area contributed by atoms with Gasteiger partial charge >= 0.3 is 0 Å². The van der Waals surface area contributed by atoms with Crippen LogP contribution in [0.15, 0.2) is 35.1 Å². The third-order valence-corrected chi connectivity index (χ3v) is 6.27. The minimum atomic E-state index is -0.362. The van der Waals surface area contributed by atoms with Crippen molar-refractivity contribution in [3.05, 3.63) is 46.2 Å². The second-order valence-electron chi connectivity index (χ2n) is 8.30. The molecule has 2 heterocycles. The molecular formula is C23H29N3O3. The van der Waals surface area contributed by atoms with Gasteiger partial charge in [-0.2, -0.15) is 0 Å². The molecule has 0 radical (unpaired) electrons. The third-order valence-electron chi connectivity index (χ3n) is 6.27. The van der Waals surface area contributed by atoms with Crippen molar-refractivity contribution in [2.24, 2.45) is 0 Å². The first kappa shape index (κ1) is 19.7. The van der Waals surface area contributed by atoms with Crippen LogP contribution in [-0.2, 0) is 16.0 Å². The fraction of sp³-hybridized carbons (Fsp3) is 0.522. The Kier molecular flexibility index (Phi) is 5.97. The lowest BCUT2D eigenvalue weighted by Gasteiger charge is -2.28. The van der Waals surface area contributed by atoms with E-state index in [2.05, 4.69) is 10.3 Å². The van der Waals surface area contributed by atoms with Gasteiger partial charge in [0, 0.05) is 30.1 Å². The summed E-state index contributed by atoms with van der Waals surface area (Å²) in [7, 11) is 0. The molecule has 2 aromatic rings. The lowest BCUT2D eigenvalue weighted by Crippen LogP contribution is -2.49. The van der Waals surface area contributed by atoms with Crippen LogP contribution in [0.25, 0.3) is 10.9 Å². The van der Waals surface area contributed by atoms with E-state index < -0.39 is 0 Å². The Hall–Kier alpha value is -2.63. The predicted octanol–water partition coefficient (Wildman–Crippen LogP) is 2.90. The molecule has 1 saturated heterocycles. The molecular weight excluding hydrogens is 366 g/mol. The average Bonchev–Trinajstić information content (AvgIpc) is 3.23. The monoisotopic (exact) mass is 395 g/mol. The summed E-state index contributed by atoms with van der Waals surface area (Å²) in [5.74, 6) is -0.0508. The number of aromatic amines is 1. The molecule has 0 spiro atoms. The van der Waals surface area contributed by atoms with Crippen LogP contribution < -0.4 is 10.9 Å². The molecule has 1 saturated carbocycles. The van der Waals surface area contributed by atoms with E-state index in [1.807, 2.05) is 30.3 Å². The molecule has 2 amide bonds. The van der Waals surface area contributed by atoms with E-state index in [4.69, 9.17) is 0 Å². The van der Waals surface area contributed by atoms with E-state index in [0.717, 1.165) is 36.6 Å². The summed E-state index contributed by atoms with van der Waals surface area (Å²) in [6.07, 6.45) is 7.85. The Labute approximate surface area is 170 Å². The van der Waals surface area contributed by atoms with Gasteiger partial charge in [-0.3, -0.25) is 14.4 Å². The van der Waals surface area contributed by atoms with Crippen molar-refractivity contribution < 1.29 is 9.59 Å². The number of H-pyrrole nitrogens is 1. The number of likely N-dealkylation sites (tertiary alicyclic amines) is 1. The zero-order valence-corrected chi connectivity index (χ0v) is 16.8. The van der Waals surface area contributed by atoms with Gasteiger partial charge in [-0.1, -0.05) is 37.5 Å². The van der Waals surface area contributed by atoms with Crippen molar-refractivity contribution in [3.63, 3.8) is 0 Å². The molecule has 2 aliphatic rings. The highest BCUT2D eigenvalue weighted by molar-refractivity contribution is 5.88. The second kappa shape index (κ2) is 8.80. The van der Waals surface area contributed by atoms with Gasteiger partial charge in [-0.25, -0.2) is 0 Å². The molecule has 2 N–H and O–H groups in total. The summed E-state index contributed by atoms with van der Waals surface area (Å²) in [6, 6.07) is 9.37. The zero-order valence-electron chi connectivity index (χ0n) is 16.8. The maximum atomic E-state index is 12.8. The maximum Gasteiger partial charge on any atom is 0.251 e. The van der Waals surface area contributed by atoms with E-state index in [9.17, 15) is 14.4 Å². The van der Waals surface area contributed by atoms with E-state index >= 15 is 0 Å². The van der Waals surface area contributed by atoms with Gasteiger partial charge in [0.25, 0.3) is 5.56 Å². The quantitative estimate of drug-likeness (QED) is 0.817. The SMILES string of the molecule is O=C(NC1CCCCC1)[C@H]1CCCN1C(=O)CCc1cc2ccccc2[nH]c1=O. The van der Waals surface area contributed by atoms with E-state index in [0.29, 0.717) is 18.5 Å². The van der Waals surface area contributed by atoms with Crippen LogP contribution in [0.3, 0.4) is 0 Å². The molecule has 1 aromatic heterocycles. The third kappa shape index (κ3) is 4.52. The van der Waals surface area contributed by atoms with Gasteiger partial charge in [0.15, 0.2) is 0 Å². The number of carbonyl (C=O) groups excluding carboxylic acids is 2. The second-order valence-corrected chi connectivity index (χ2v) is 8.30. The molecule has 4 rings (SSSR count). The Morgan fingerprint density at radius 1 is 1.07 bits per heavy atom. The number of aryl methyl sites for hydroxylation is 1. The van der Waals surface area contributed by atoms with Crippen molar-refractivity contribution >= 4 is 22.7 Å². The molecule has 29 heavy (non-hydrogen) atoms. The molecule has 1 aliphatic heterocycles. The summed E-state index contributed by atoms with van der Waals surface area (Å²) in [4.78, 5) is 42.5. The van der Waals surface area contributed by atoms with Gasteiger partial charge in [-0.15, -0.1) is 0 Å². The minimum absolute atomic E-state index is 0.00805. The summed E-state index contributed by atoms with van der Waals surface area (Å²) >= 11 is 0. The number of hydrogen-bond donors (Lipinski definition) is 2. The number of hydrogen-bond acceptors (Lipinski definition) is 3. The zero-order chi connectivity index (χ0) is 20.2. The van der Waals surface area contributed by atoms with Crippen molar-refractivity contribution in [2.45, 2.75) is 69.9 Å². The van der Waals surface area contributed by atoms with Crippen LogP contribution in [-0.4, -0.2) is 40.3 Å². The Bertz CT molecular complexity index is 946. The maximum absolute atomic E-state index is 12.8. The minimum Gasteiger partial charge on any atom is -0.352 e. The molecule has 6 heteroatoms. The van der Waals surface area contributed by atoms with Gasteiger partial charge in [0.2, 0.25) is 11.8 Å². The molecule has 0 bridgehead atoms. The van der Waals surface area contributed by atoms with E-state index in [1.54, 1.807) is 4.90 Å². The van der Waals surface area contributed by atoms with Crippen molar-refractivity contribution in [1.29, 1.82) is 0 Å². The largest absolute Gasteiger partial charge is 0.352 e. The van der Waals surface area contributed by atoms with Crippen LogP contribution >= 0.6 is 0 Å². The Balaban J connectivity index is 1.38. The van der Waals surface area contributed by atoms with Crippen molar-refractivity contribution in [1.82, 2.24) is 15.2 Å². The first-order valence-corrected chi connectivity index (χ1v) is 10.8. The lowest BCUT2D eigenvalue weighted by atomic mass is 9.95. The van der Waals surface area contributed by atoms with Crippen molar-refractivity contribution in [2.75, 3.05) is 6.54 Å². The highest BCUT2D eigenvalue weighted by Crippen LogP contribution is 2.22. The highest BCUT2D eigenvalue weighted by atomic mass is 16.2. The van der Waals surface area contributed by atoms with E-state index in [-0.39, 0.29) is 35.9 Å². The van der Waals surface area contributed by atoms with Crippen LogP contribution in [0.4, 0.5) is 0 Å². The van der Waals surface area contributed by atoms with E-state index in [1.165, 1.54) is 19.3 Å². The smallest absolute Gasteiger partial charge is 0.251 e. The first-order chi connectivity index (χ1) is 14.1. The number of aromatic nitrogens is 1. The summed E-state index contributed by atoms with van der Waals surface area (Å²) in [6.45, 7) is 0.621. The van der Waals surface area contributed by atoms with Crippen LogP contribution in [0.5, 0.6) is 0 Å². The number of pyridine rings is 1. The Morgan fingerprint density at radius 3 is 2.69 bits per heavy atom.